The molecule has 4 nitrogen and oxygen atoms in total. The molecule has 6 saturated carbocycles. The highest BCUT2D eigenvalue weighted by molar-refractivity contribution is 7.91. The minimum absolute atomic E-state index is 0.135. The monoisotopic (exact) mass is 438 g/mol. The molecule has 6 bridgehead atoms. The molecule has 0 radical (unpaired) electrons. The summed E-state index contributed by atoms with van der Waals surface area (Å²) < 4.78 is 93.8. The van der Waals surface area contributed by atoms with Crippen molar-refractivity contribution in [3.8, 4) is 0 Å². The number of sulfone groups is 1. The topological polar surface area (TPSA) is 52.6 Å². The second kappa shape index (κ2) is 5.49. The van der Waals surface area contributed by atoms with Crippen molar-refractivity contribution in [2.24, 2.45) is 41.4 Å². The number of fused-ring (bicyclic) bond motifs is 5. The molecule has 0 aromatic rings. The zero-order chi connectivity index (χ0) is 20.6. The Morgan fingerprint density at radius 2 is 1.38 bits per heavy atom. The van der Waals surface area contributed by atoms with Gasteiger partial charge in [0.15, 0.2) is 5.79 Å². The molecule has 1 spiro atoms. The number of hydrogen-bond acceptors (Lipinski definition) is 4. The van der Waals surface area contributed by atoms with Crippen molar-refractivity contribution in [2.75, 3.05) is 6.26 Å². The Morgan fingerprint density at radius 3 is 1.93 bits per heavy atom. The van der Waals surface area contributed by atoms with Gasteiger partial charge >= 0.3 is 11.2 Å². The Balaban J connectivity index is 1.29. The van der Waals surface area contributed by atoms with Gasteiger partial charge in [-0.3, -0.25) is 0 Å². The Hall–Kier alpha value is -0.410. The minimum atomic E-state index is -5.23. The molecule has 1 aliphatic heterocycles. The average molecular weight is 438 g/mol. The number of rotatable bonds is 3. The highest BCUT2D eigenvalue weighted by atomic mass is 32.2. The molecular weight excluding hydrogens is 412 g/mol. The fourth-order valence-electron chi connectivity index (χ4n) is 8.13. The van der Waals surface area contributed by atoms with E-state index in [1.54, 1.807) is 0 Å². The zero-order valence-electron chi connectivity index (χ0n) is 16.2. The minimum Gasteiger partial charge on any atom is -0.343 e. The first-order valence-corrected chi connectivity index (χ1v) is 12.6. The van der Waals surface area contributed by atoms with E-state index in [0.29, 0.717) is 18.3 Å². The lowest BCUT2D eigenvalue weighted by Crippen LogP contribution is -2.59. The SMILES string of the molecule is CS(=O)(=O)C(F)(F)C(F)(F)C1CC2CC1C1OC3(OC21)C1CC2CC(C1)CC3C2. The first-order valence-electron chi connectivity index (χ1n) is 10.7. The highest BCUT2D eigenvalue weighted by Gasteiger charge is 2.76. The van der Waals surface area contributed by atoms with Crippen molar-refractivity contribution in [3.63, 3.8) is 0 Å². The van der Waals surface area contributed by atoms with Crippen molar-refractivity contribution in [1.82, 2.24) is 0 Å². The van der Waals surface area contributed by atoms with Crippen molar-refractivity contribution in [2.45, 2.75) is 74.1 Å². The van der Waals surface area contributed by atoms with Crippen LogP contribution in [-0.2, 0) is 19.3 Å². The molecule has 0 aromatic carbocycles. The van der Waals surface area contributed by atoms with Crippen LogP contribution in [0.15, 0.2) is 0 Å². The number of alkyl halides is 4. The van der Waals surface area contributed by atoms with E-state index in [-0.39, 0.29) is 36.5 Å². The molecule has 1 saturated heterocycles. The lowest BCUT2D eigenvalue weighted by Gasteiger charge is -2.58. The van der Waals surface area contributed by atoms with Gasteiger partial charge in [0.05, 0.1) is 12.2 Å². The molecule has 7 rings (SSSR count). The van der Waals surface area contributed by atoms with Gasteiger partial charge in [-0.05, 0) is 68.6 Å². The van der Waals surface area contributed by atoms with Crippen molar-refractivity contribution >= 4 is 9.84 Å². The molecule has 0 amide bonds. The van der Waals surface area contributed by atoms with Gasteiger partial charge in [0, 0.05) is 24.0 Å². The summed E-state index contributed by atoms with van der Waals surface area (Å²) in [6, 6.07) is 0. The lowest BCUT2D eigenvalue weighted by molar-refractivity contribution is -0.304. The van der Waals surface area contributed by atoms with E-state index in [1.807, 2.05) is 0 Å². The number of hydrogen-bond donors (Lipinski definition) is 0. The number of halogens is 4. The summed E-state index contributed by atoms with van der Waals surface area (Å²) in [5.41, 5.74) is 0. The van der Waals surface area contributed by atoms with E-state index >= 15 is 0 Å². The summed E-state index contributed by atoms with van der Waals surface area (Å²) in [5, 5.41) is -5.08. The third-order valence-electron chi connectivity index (χ3n) is 9.09. The van der Waals surface area contributed by atoms with Crippen LogP contribution in [0.25, 0.3) is 0 Å². The highest BCUT2D eigenvalue weighted by Crippen LogP contribution is 2.68. The Morgan fingerprint density at radius 1 is 0.828 bits per heavy atom. The van der Waals surface area contributed by atoms with Gasteiger partial charge in [0.1, 0.15) is 0 Å². The Kier molecular flexibility index (Phi) is 3.65. The van der Waals surface area contributed by atoms with E-state index in [2.05, 4.69) is 0 Å². The molecule has 164 valence electrons. The Bertz CT molecular complexity index is 815. The summed E-state index contributed by atoms with van der Waals surface area (Å²) in [4.78, 5) is 0. The molecular formula is C20H26F4O4S. The molecule has 5 unspecified atom stereocenters. The van der Waals surface area contributed by atoms with Gasteiger partial charge in [-0.1, -0.05) is 0 Å². The summed E-state index contributed by atoms with van der Waals surface area (Å²) in [6.07, 6.45) is 4.83. The lowest BCUT2D eigenvalue weighted by atomic mass is 9.53. The van der Waals surface area contributed by atoms with E-state index in [0.717, 1.165) is 25.7 Å². The van der Waals surface area contributed by atoms with Crippen LogP contribution < -0.4 is 0 Å². The predicted octanol–water partition coefficient (Wildman–Crippen LogP) is 3.85. The van der Waals surface area contributed by atoms with E-state index < -0.39 is 44.7 Å². The van der Waals surface area contributed by atoms with Crippen molar-refractivity contribution in [1.29, 1.82) is 0 Å². The second-order valence-corrected chi connectivity index (χ2v) is 12.7. The van der Waals surface area contributed by atoms with Gasteiger partial charge in [0.25, 0.3) is 0 Å². The molecule has 29 heavy (non-hydrogen) atoms. The van der Waals surface area contributed by atoms with Crippen LogP contribution in [-0.4, -0.2) is 43.8 Å². The molecule has 0 aromatic heterocycles. The van der Waals surface area contributed by atoms with Crippen LogP contribution in [0.3, 0.4) is 0 Å². The standard InChI is InChI=1S/C20H26F4O4S/c1-29(25,26)20(23,24)19(21,22)15-8-11-7-14(15)17-16(11)27-18(28-17)12-3-9-2-10(5-12)6-13(18)4-9/h9-17H,2-8H2,1H3. The fraction of sp³-hybridized carbons (Fsp3) is 1.00. The van der Waals surface area contributed by atoms with Crippen LogP contribution >= 0.6 is 0 Å². The zero-order valence-corrected chi connectivity index (χ0v) is 17.0. The quantitative estimate of drug-likeness (QED) is 0.628. The molecule has 0 N–H and O–H groups in total. The normalized spacial score (nSPS) is 53.2. The summed E-state index contributed by atoms with van der Waals surface area (Å²) in [7, 11) is -5.23. The molecule has 7 aliphatic rings. The summed E-state index contributed by atoms with van der Waals surface area (Å²) >= 11 is 0. The van der Waals surface area contributed by atoms with E-state index in [1.165, 1.54) is 6.42 Å². The third kappa shape index (κ3) is 2.25. The molecule has 1 heterocycles. The van der Waals surface area contributed by atoms with Gasteiger partial charge in [-0.2, -0.15) is 17.6 Å². The van der Waals surface area contributed by atoms with Gasteiger partial charge < -0.3 is 9.47 Å². The second-order valence-electron chi connectivity index (χ2n) is 10.6. The average Bonchev–Trinajstić information content (AvgIpc) is 3.28. The van der Waals surface area contributed by atoms with Crippen LogP contribution in [0, 0.1) is 41.4 Å². The van der Waals surface area contributed by atoms with Crippen molar-refractivity contribution < 1.29 is 35.5 Å². The third-order valence-corrected chi connectivity index (χ3v) is 10.3. The summed E-state index contributed by atoms with van der Waals surface area (Å²) in [5.74, 6) is -6.19. The van der Waals surface area contributed by atoms with Crippen LogP contribution in [0.2, 0.25) is 0 Å². The predicted molar refractivity (Wildman–Crippen MR) is 94.0 cm³/mol. The first-order chi connectivity index (χ1) is 13.4. The fourth-order valence-corrected chi connectivity index (χ4v) is 8.78. The molecule has 5 atom stereocenters. The maximum absolute atomic E-state index is 14.8. The van der Waals surface area contributed by atoms with E-state index in [9.17, 15) is 26.0 Å². The largest absolute Gasteiger partial charge is 0.407 e. The van der Waals surface area contributed by atoms with Crippen molar-refractivity contribution in [3.05, 3.63) is 0 Å². The summed E-state index contributed by atoms with van der Waals surface area (Å²) in [6.45, 7) is 0. The molecule has 7 fully saturated rings. The molecule has 9 heteroatoms. The smallest absolute Gasteiger partial charge is 0.343 e. The Labute approximate surface area is 167 Å². The van der Waals surface area contributed by atoms with Crippen LogP contribution in [0.5, 0.6) is 0 Å². The van der Waals surface area contributed by atoms with Crippen LogP contribution in [0.1, 0.15) is 44.9 Å². The van der Waals surface area contributed by atoms with Gasteiger partial charge in [0.2, 0.25) is 9.84 Å². The first kappa shape index (κ1) is 19.3. The molecule has 6 aliphatic carbocycles. The number of ether oxygens (including phenoxy) is 2. The van der Waals surface area contributed by atoms with Gasteiger partial charge in [-0.25, -0.2) is 8.42 Å². The van der Waals surface area contributed by atoms with E-state index in [4.69, 9.17) is 9.47 Å². The maximum Gasteiger partial charge on any atom is 0.407 e. The van der Waals surface area contributed by atoms with Crippen LogP contribution in [0.4, 0.5) is 17.6 Å². The van der Waals surface area contributed by atoms with Gasteiger partial charge in [-0.15, -0.1) is 0 Å². The maximum atomic E-state index is 14.8.